The average Bonchev–Trinajstić information content (AvgIpc) is 3.03. The number of hydrogen-bond donors (Lipinski definition) is 0. The van der Waals surface area contributed by atoms with Gasteiger partial charge in [0.2, 0.25) is 0 Å². The number of halogens is 4. The van der Waals surface area contributed by atoms with Crippen molar-refractivity contribution >= 4 is 45.6 Å². The molecular formula is C38H53ClF3NO12S. The maximum Gasteiger partial charge on any atom is 0.534 e. The third-order valence-electron chi connectivity index (χ3n) is 8.57. The average molecular weight is 840 g/mol. The van der Waals surface area contributed by atoms with Crippen LogP contribution in [0.4, 0.5) is 13.2 Å². The number of carbonyl (C=O) groups is 4. The van der Waals surface area contributed by atoms with E-state index in [2.05, 4.69) is 4.18 Å². The van der Waals surface area contributed by atoms with Gasteiger partial charge in [0, 0.05) is 24.0 Å². The molecule has 13 nitrogen and oxygen atoms in total. The third kappa shape index (κ3) is 11.8. The highest BCUT2D eigenvalue weighted by molar-refractivity contribution is 7.87. The van der Waals surface area contributed by atoms with Crippen LogP contribution >= 0.6 is 11.6 Å². The predicted molar refractivity (Wildman–Crippen MR) is 197 cm³/mol. The van der Waals surface area contributed by atoms with Gasteiger partial charge in [-0.15, -0.1) is 0 Å². The summed E-state index contributed by atoms with van der Waals surface area (Å²) in [6.45, 7) is 18.1. The van der Waals surface area contributed by atoms with Crippen molar-refractivity contribution in [2.45, 2.75) is 132 Å². The van der Waals surface area contributed by atoms with Crippen molar-refractivity contribution in [3.05, 3.63) is 46.7 Å². The van der Waals surface area contributed by atoms with Crippen LogP contribution in [0.1, 0.15) is 101 Å². The SMILES string of the molecule is CC(C)(C)C(=O)OC[C@H]1O[C@@H](N2CC=C(OS(=O)(=O)C(F)(F)F)CC2c2ccc(Cl)cc2)[C@H](OC(=O)C(C)(C)C)[C@@H](OC(=O)C(C)(C)C)[C@H]1OC(=O)C(C)(C)C. The van der Waals surface area contributed by atoms with Crippen LogP contribution in [0, 0.1) is 21.7 Å². The number of alkyl halides is 3. The lowest BCUT2D eigenvalue weighted by molar-refractivity contribution is -0.288. The smallest absolute Gasteiger partial charge is 0.462 e. The summed E-state index contributed by atoms with van der Waals surface area (Å²) in [5.41, 5.74) is -9.71. The van der Waals surface area contributed by atoms with E-state index in [1.54, 1.807) is 95.2 Å². The maximum absolute atomic E-state index is 13.7. The van der Waals surface area contributed by atoms with Gasteiger partial charge in [-0.3, -0.25) is 24.1 Å². The van der Waals surface area contributed by atoms with Crippen molar-refractivity contribution in [1.29, 1.82) is 0 Å². The van der Waals surface area contributed by atoms with Crippen LogP contribution in [0.25, 0.3) is 0 Å². The Morgan fingerprint density at radius 2 is 1.18 bits per heavy atom. The highest BCUT2D eigenvalue weighted by atomic mass is 35.5. The molecule has 0 aromatic heterocycles. The Hall–Kier alpha value is -3.41. The molecule has 1 fully saturated rings. The highest BCUT2D eigenvalue weighted by Crippen LogP contribution is 2.42. The van der Waals surface area contributed by atoms with Gasteiger partial charge in [0.25, 0.3) is 0 Å². The summed E-state index contributed by atoms with van der Waals surface area (Å²) in [7, 11) is -6.06. The summed E-state index contributed by atoms with van der Waals surface area (Å²) in [4.78, 5) is 55.6. The van der Waals surface area contributed by atoms with E-state index in [9.17, 15) is 40.8 Å². The zero-order chi connectivity index (χ0) is 43.0. The molecule has 0 amide bonds. The molecule has 0 bridgehead atoms. The van der Waals surface area contributed by atoms with Crippen LogP contribution in [0.3, 0.4) is 0 Å². The molecule has 1 aromatic carbocycles. The monoisotopic (exact) mass is 839 g/mol. The molecule has 2 aliphatic rings. The fourth-order valence-corrected chi connectivity index (χ4v) is 5.87. The van der Waals surface area contributed by atoms with E-state index >= 15 is 0 Å². The lowest BCUT2D eigenvalue weighted by atomic mass is 9.90. The van der Waals surface area contributed by atoms with Crippen LogP contribution < -0.4 is 0 Å². The van der Waals surface area contributed by atoms with Crippen molar-refractivity contribution < 1.29 is 68.6 Å². The molecule has 18 heteroatoms. The quantitative estimate of drug-likeness (QED) is 0.108. The molecule has 0 radical (unpaired) electrons. The van der Waals surface area contributed by atoms with E-state index in [1.165, 1.54) is 17.0 Å². The Morgan fingerprint density at radius 3 is 1.62 bits per heavy atom. The van der Waals surface area contributed by atoms with E-state index in [0.29, 0.717) is 10.6 Å². The van der Waals surface area contributed by atoms with Gasteiger partial charge in [0.1, 0.15) is 18.5 Å². The van der Waals surface area contributed by atoms with E-state index < -0.39 is 117 Å². The van der Waals surface area contributed by atoms with Crippen molar-refractivity contribution in [3.63, 3.8) is 0 Å². The number of esters is 4. The number of nitrogens with zero attached hydrogens (tertiary/aromatic N) is 1. The largest absolute Gasteiger partial charge is 0.534 e. The topological polar surface area (TPSA) is 161 Å². The van der Waals surface area contributed by atoms with Crippen molar-refractivity contribution in [1.82, 2.24) is 4.90 Å². The van der Waals surface area contributed by atoms with Gasteiger partial charge in [0.15, 0.2) is 24.5 Å². The highest BCUT2D eigenvalue weighted by Gasteiger charge is 2.57. The molecule has 1 unspecified atom stereocenters. The van der Waals surface area contributed by atoms with Gasteiger partial charge in [-0.05, 0) is 107 Å². The minimum atomic E-state index is -6.06. The number of ether oxygens (including phenoxy) is 5. The molecule has 1 aromatic rings. The first-order chi connectivity index (χ1) is 25.2. The van der Waals surface area contributed by atoms with Crippen LogP contribution in [-0.2, 0) is 57.2 Å². The van der Waals surface area contributed by atoms with Gasteiger partial charge in [-0.25, -0.2) is 0 Å². The third-order valence-corrected chi connectivity index (χ3v) is 9.83. The first-order valence-electron chi connectivity index (χ1n) is 17.9. The maximum atomic E-state index is 13.7. The zero-order valence-corrected chi connectivity index (χ0v) is 35.3. The first-order valence-corrected chi connectivity index (χ1v) is 19.7. The van der Waals surface area contributed by atoms with Gasteiger partial charge >= 0.3 is 39.5 Å². The second-order valence-corrected chi connectivity index (χ2v) is 19.9. The van der Waals surface area contributed by atoms with Crippen LogP contribution in [0.15, 0.2) is 36.1 Å². The van der Waals surface area contributed by atoms with Crippen LogP contribution in [-0.4, -0.2) is 86.5 Å². The molecule has 0 saturated carbocycles. The molecule has 0 aliphatic carbocycles. The summed E-state index contributed by atoms with van der Waals surface area (Å²) in [5.74, 6) is -3.54. The van der Waals surface area contributed by atoms with Crippen molar-refractivity contribution in [2.24, 2.45) is 21.7 Å². The Balaban J connectivity index is 2.34. The molecule has 2 heterocycles. The van der Waals surface area contributed by atoms with E-state index in [4.69, 9.17) is 35.3 Å². The van der Waals surface area contributed by atoms with Gasteiger partial charge < -0.3 is 27.9 Å². The summed E-state index contributed by atoms with van der Waals surface area (Å²) in [6, 6.07) is 5.05. The first kappa shape index (κ1) is 47.0. The summed E-state index contributed by atoms with van der Waals surface area (Å²) < 4.78 is 99.5. The van der Waals surface area contributed by atoms with Crippen LogP contribution in [0.2, 0.25) is 5.02 Å². The Kier molecular flexibility index (Phi) is 14.1. The van der Waals surface area contributed by atoms with Gasteiger partial charge in [-0.2, -0.15) is 21.6 Å². The molecule has 56 heavy (non-hydrogen) atoms. The Morgan fingerprint density at radius 1 is 0.732 bits per heavy atom. The lowest BCUT2D eigenvalue weighted by Gasteiger charge is -2.51. The molecule has 2 aliphatic heterocycles. The molecule has 6 atom stereocenters. The minimum Gasteiger partial charge on any atom is -0.462 e. The summed E-state index contributed by atoms with van der Waals surface area (Å²) in [6.07, 6.45) is -7.01. The number of rotatable bonds is 9. The number of benzene rings is 1. The zero-order valence-electron chi connectivity index (χ0n) is 33.7. The molecule has 0 spiro atoms. The van der Waals surface area contributed by atoms with E-state index in [-0.39, 0.29) is 6.54 Å². The molecule has 0 N–H and O–H groups in total. The van der Waals surface area contributed by atoms with E-state index in [0.717, 1.165) is 6.08 Å². The van der Waals surface area contributed by atoms with Gasteiger partial charge in [-0.1, -0.05) is 23.7 Å². The molecule has 3 rings (SSSR count). The Labute approximate surface area is 331 Å². The lowest BCUT2D eigenvalue weighted by Crippen LogP contribution is -2.67. The van der Waals surface area contributed by atoms with Gasteiger partial charge in [0.05, 0.1) is 21.7 Å². The second-order valence-electron chi connectivity index (χ2n) is 17.9. The second kappa shape index (κ2) is 16.8. The summed E-state index contributed by atoms with van der Waals surface area (Å²) >= 11 is 6.16. The number of carbonyl (C=O) groups excluding carboxylic acids is 4. The predicted octanol–water partition coefficient (Wildman–Crippen LogP) is 7.02. The van der Waals surface area contributed by atoms with Crippen molar-refractivity contribution in [2.75, 3.05) is 13.2 Å². The van der Waals surface area contributed by atoms with Crippen LogP contribution in [0.5, 0.6) is 0 Å². The summed E-state index contributed by atoms with van der Waals surface area (Å²) in [5, 5.41) is 0.312. The normalized spacial score (nSPS) is 24.4. The molecular weight excluding hydrogens is 787 g/mol. The molecule has 316 valence electrons. The van der Waals surface area contributed by atoms with Crippen molar-refractivity contribution in [3.8, 4) is 0 Å². The number of hydrogen-bond acceptors (Lipinski definition) is 13. The molecule has 1 saturated heterocycles. The minimum absolute atomic E-state index is 0.312. The standard InChI is InChI=1S/C38H53ClF3NO12S/c1-34(2,3)30(44)50-20-25-26(52-31(45)35(4,5)6)27(53-32(46)36(7,8)9)28(54-33(47)37(10,11)12)29(51-25)43-18-17-23(55-56(48,49)38(40,41)42)19-24(43)21-13-15-22(39)16-14-21/h13-17,24-29H,18-20H2,1-12H3/t24?,25-,26+,27+,28-,29-/m1/s1. The fraction of sp³-hybridized carbons (Fsp3) is 0.684. The van der Waals surface area contributed by atoms with E-state index in [1.807, 2.05) is 0 Å². The Bertz CT molecular complexity index is 1750. The fourth-order valence-electron chi connectivity index (χ4n) is 5.23.